The van der Waals surface area contributed by atoms with Gasteiger partial charge >= 0.3 is 0 Å². The summed E-state index contributed by atoms with van der Waals surface area (Å²) in [7, 11) is 0. The van der Waals surface area contributed by atoms with Gasteiger partial charge in [0.1, 0.15) is 0 Å². The Bertz CT molecular complexity index is 501. The Balaban J connectivity index is 2.89. The first-order chi connectivity index (χ1) is 9.02. The molecule has 0 atom stereocenters. The van der Waals surface area contributed by atoms with E-state index in [4.69, 9.17) is 16.7 Å². The number of carbonyl (C=O) groups is 1. The number of carbonyl (C=O) groups excluding carboxylic acids is 1. The van der Waals surface area contributed by atoms with Gasteiger partial charge < -0.3 is 10.4 Å². The molecule has 0 aliphatic heterocycles. The van der Waals surface area contributed by atoms with Crippen molar-refractivity contribution in [3.05, 3.63) is 28.8 Å². The molecular formula is C15H18ClNO2. The van der Waals surface area contributed by atoms with Gasteiger partial charge in [0.05, 0.1) is 12.3 Å². The maximum atomic E-state index is 11.8. The van der Waals surface area contributed by atoms with Crippen LogP contribution < -0.4 is 5.32 Å². The van der Waals surface area contributed by atoms with E-state index in [1.54, 1.807) is 18.2 Å². The molecule has 0 aromatic heterocycles. The van der Waals surface area contributed by atoms with Crippen molar-refractivity contribution in [2.24, 2.45) is 5.92 Å². The van der Waals surface area contributed by atoms with Gasteiger partial charge in [-0.2, -0.15) is 0 Å². The van der Waals surface area contributed by atoms with Crippen LogP contribution in [-0.4, -0.2) is 17.6 Å². The van der Waals surface area contributed by atoms with Crippen LogP contribution in [0, 0.1) is 17.8 Å². The van der Waals surface area contributed by atoms with Crippen LogP contribution in [0.25, 0.3) is 0 Å². The number of hydrogen-bond acceptors (Lipinski definition) is 2. The summed E-state index contributed by atoms with van der Waals surface area (Å²) >= 11 is 5.93. The molecule has 3 nitrogen and oxygen atoms in total. The minimum absolute atomic E-state index is 0.0234. The molecule has 1 aromatic rings. The van der Waals surface area contributed by atoms with Crippen molar-refractivity contribution in [2.75, 3.05) is 11.9 Å². The van der Waals surface area contributed by atoms with E-state index in [9.17, 15) is 4.79 Å². The molecule has 2 N–H and O–H groups in total. The molecule has 0 aliphatic rings. The van der Waals surface area contributed by atoms with Crippen molar-refractivity contribution in [1.82, 2.24) is 0 Å². The van der Waals surface area contributed by atoms with Crippen molar-refractivity contribution in [3.63, 3.8) is 0 Å². The number of hydrogen-bond donors (Lipinski definition) is 2. The summed E-state index contributed by atoms with van der Waals surface area (Å²) in [6.07, 6.45) is 0.859. The summed E-state index contributed by atoms with van der Waals surface area (Å²) in [5.41, 5.74) is 1.32. The Morgan fingerprint density at radius 1 is 1.47 bits per heavy atom. The van der Waals surface area contributed by atoms with Crippen LogP contribution in [0.4, 0.5) is 5.69 Å². The van der Waals surface area contributed by atoms with Crippen LogP contribution in [0.15, 0.2) is 18.2 Å². The van der Waals surface area contributed by atoms with Crippen molar-refractivity contribution < 1.29 is 9.90 Å². The van der Waals surface area contributed by atoms with Crippen LogP contribution in [0.2, 0.25) is 5.02 Å². The van der Waals surface area contributed by atoms with Gasteiger partial charge in [0, 0.05) is 23.4 Å². The van der Waals surface area contributed by atoms with Gasteiger partial charge in [-0.15, -0.1) is 0 Å². The zero-order valence-electron chi connectivity index (χ0n) is 11.2. The number of nitrogens with one attached hydrogen (secondary N) is 1. The second-order valence-electron chi connectivity index (χ2n) is 4.61. The van der Waals surface area contributed by atoms with Crippen molar-refractivity contribution >= 4 is 23.2 Å². The van der Waals surface area contributed by atoms with Gasteiger partial charge in [-0.1, -0.05) is 37.3 Å². The monoisotopic (exact) mass is 279 g/mol. The van der Waals surface area contributed by atoms with E-state index in [-0.39, 0.29) is 12.5 Å². The summed E-state index contributed by atoms with van der Waals surface area (Å²) in [5.74, 6) is 5.99. The third-order valence-corrected chi connectivity index (χ3v) is 2.54. The highest BCUT2D eigenvalue weighted by molar-refractivity contribution is 6.31. The zero-order chi connectivity index (χ0) is 14.3. The minimum Gasteiger partial charge on any atom is -0.395 e. The molecule has 0 radical (unpaired) electrons. The molecule has 0 saturated heterocycles. The highest BCUT2D eigenvalue weighted by Crippen LogP contribution is 2.21. The van der Waals surface area contributed by atoms with Crippen LogP contribution in [0.5, 0.6) is 0 Å². The Labute approximate surface area is 119 Å². The molecule has 102 valence electrons. The van der Waals surface area contributed by atoms with Crippen molar-refractivity contribution in [2.45, 2.75) is 26.7 Å². The van der Waals surface area contributed by atoms with E-state index >= 15 is 0 Å². The molecule has 4 heteroatoms. The molecular weight excluding hydrogens is 262 g/mol. The lowest BCUT2D eigenvalue weighted by Gasteiger charge is -2.09. The molecule has 0 spiro atoms. The van der Waals surface area contributed by atoms with E-state index in [1.165, 1.54) is 0 Å². The van der Waals surface area contributed by atoms with Gasteiger partial charge in [0.2, 0.25) is 5.91 Å². The molecule has 0 heterocycles. The average molecular weight is 280 g/mol. The minimum atomic E-state index is -0.0533. The van der Waals surface area contributed by atoms with Crippen LogP contribution in [0.1, 0.15) is 32.3 Å². The second-order valence-corrected chi connectivity index (χ2v) is 5.05. The Kier molecular flexibility index (Phi) is 6.41. The Hall–Kier alpha value is -1.50. The molecule has 0 bridgehead atoms. The lowest BCUT2D eigenvalue weighted by atomic mass is 10.1. The largest absolute Gasteiger partial charge is 0.395 e. The molecule has 1 amide bonds. The van der Waals surface area contributed by atoms with Gasteiger partial charge in [0.15, 0.2) is 0 Å². The quantitative estimate of drug-likeness (QED) is 0.832. The number of aliphatic hydroxyl groups excluding tert-OH is 1. The number of benzene rings is 1. The predicted molar refractivity (Wildman–Crippen MR) is 78.1 cm³/mol. The summed E-state index contributed by atoms with van der Waals surface area (Å²) in [4.78, 5) is 11.8. The number of amides is 1. The van der Waals surface area contributed by atoms with Crippen molar-refractivity contribution in [1.29, 1.82) is 0 Å². The fourth-order valence-electron chi connectivity index (χ4n) is 1.51. The highest BCUT2D eigenvalue weighted by atomic mass is 35.5. The predicted octanol–water partition coefficient (Wildman–Crippen LogP) is 3.06. The Morgan fingerprint density at radius 2 is 2.21 bits per heavy atom. The van der Waals surface area contributed by atoms with Gasteiger partial charge in [-0.05, 0) is 24.1 Å². The number of rotatable bonds is 4. The number of anilines is 1. The van der Waals surface area contributed by atoms with Gasteiger partial charge in [-0.3, -0.25) is 4.79 Å². The lowest BCUT2D eigenvalue weighted by Crippen LogP contribution is -2.14. The topological polar surface area (TPSA) is 49.3 Å². The first-order valence-corrected chi connectivity index (χ1v) is 6.60. The highest BCUT2D eigenvalue weighted by Gasteiger charge is 2.08. The van der Waals surface area contributed by atoms with Gasteiger partial charge in [0.25, 0.3) is 0 Å². The maximum Gasteiger partial charge on any atom is 0.224 e. The standard InChI is InChI=1S/C15H18ClNO2/c1-11(2)9-15(19)17-14-10-13(16)7-6-12(14)5-3-4-8-18/h6-7,10-11,18H,4,8-9H2,1-2H3,(H,17,19). The first-order valence-electron chi connectivity index (χ1n) is 6.22. The zero-order valence-corrected chi connectivity index (χ0v) is 11.9. The lowest BCUT2D eigenvalue weighted by molar-refractivity contribution is -0.116. The molecule has 19 heavy (non-hydrogen) atoms. The summed E-state index contributed by atoms with van der Waals surface area (Å²) < 4.78 is 0. The van der Waals surface area contributed by atoms with Crippen molar-refractivity contribution in [3.8, 4) is 11.8 Å². The number of aliphatic hydroxyl groups is 1. The fourth-order valence-corrected chi connectivity index (χ4v) is 1.69. The molecule has 0 unspecified atom stereocenters. The molecule has 0 aliphatic carbocycles. The summed E-state index contributed by atoms with van der Waals surface area (Å²) in [5, 5.41) is 12.1. The van der Waals surface area contributed by atoms with Crippen LogP contribution >= 0.6 is 11.6 Å². The molecule has 1 aromatic carbocycles. The fraction of sp³-hybridized carbons (Fsp3) is 0.400. The SMILES string of the molecule is CC(C)CC(=O)Nc1cc(Cl)ccc1C#CCCO. The van der Waals surface area contributed by atoms with E-state index in [2.05, 4.69) is 17.2 Å². The summed E-state index contributed by atoms with van der Waals surface area (Å²) in [6, 6.07) is 5.17. The first kappa shape index (κ1) is 15.6. The number of halogens is 1. The van der Waals surface area contributed by atoms with E-state index < -0.39 is 0 Å². The van der Waals surface area contributed by atoms with E-state index in [1.807, 2.05) is 13.8 Å². The van der Waals surface area contributed by atoms with E-state index in [0.717, 1.165) is 0 Å². The van der Waals surface area contributed by atoms with Crippen LogP contribution in [0.3, 0.4) is 0 Å². The summed E-state index contributed by atoms with van der Waals surface area (Å²) in [6.45, 7) is 3.99. The van der Waals surface area contributed by atoms with E-state index in [0.29, 0.717) is 35.0 Å². The molecule has 1 rings (SSSR count). The normalized spacial score (nSPS) is 9.95. The van der Waals surface area contributed by atoms with Crippen LogP contribution in [-0.2, 0) is 4.79 Å². The Morgan fingerprint density at radius 3 is 2.84 bits per heavy atom. The third-order valence-electron chi connectivity index (χ3n) is 2.31. The van der Waals surface area contributed by atoms with Gasteiger partial charge in [-0.25, -0.2) is 0 Å². The maximum absolute atomic E-state index is 11.8. The molecule has 0 fully saturated rings. The average Bonchev–Trinajstić information content (AvgIpc) is 2.31. The smallest absolute Gasteiger partial charge is 0.224 e. The third kappa shape index (κ3) is 5.78. The second kappa shape index (κ2) is 7.83. The molecule has 0 saturated carbocycles.